The second-order valence-electron chi connectivity index (χ2n) is 8.26. The molecule has 0 radical (unpaired) electrons. The number of carbonyl (C=O) groups is 2. The van der Waals surface area contributed by atoms with Gasteiger partial charge >= 0.3 is 5.97 Å². The molecule has 4 rings (SSSR count). The molecule has 0 fully saturated rings. The van der Waals surface area contributed by atoms with Crippen LogP contribution in [0.4, 0.5) is 11.4 Å². The number of halogens is 1. The molecule has 1 N–H and O–H groups in total. The van der Waals surface area contributed by atoms with E-state index in [-0.39, 0.29) is 17.1 Å². The number of ether oxygens (including phenoxy) is 2. The lowest BCUT2D eigenvalue weighted by Gasteiger charge is -2.14. The number of amides is 1. The molecule has 0 aliphatic heterocycles. The maximum Gasteiger partial charge on any atom is 0.331 e. The van der Waals surface area contributed by atoms with Gasteiger partial charge in [0.15, 0.2) is 6.10 Å². The van der Waals surface area contributed by atoms with Crippen molar-refractivity contribution in [3.63, 3.8) is 0 Å². The highest BCUT2D eigenvalue weighted by Crippen LogP contribution is 2.29. The van der Waals surface area contributed by atoms with Crippen LogP contribution in [0.25, 0.3) is 23.0 Å². The van der Waals surface area contributed by atoms with E-state index in [2.05, 4.69) is 21.2 Å². The van der Waals surface area contributed by atoms with Crippen LogP contribution >= 0.6 is 15.9 Å². The Morgan fingerprint density at radius 1 is 1.10 bits per heavy atom. The number of hydrogen-bond acceptors (Lipinski definition) is 7. The van der Waals surface area contributed by atoms with E-state index in [0.29, 0.717) is 11.3 Å². The van der Waals surface area contributed by atoms with Crippen molar-refractivity contribution in [1.82, 2.24) is 9.78 Å². The minimum absolute atomic E-state index is 0.0857. The first-order chi connectivity index (χ1) is 18.7. The molecule has 0 bridgehead atoms. The Balaban J connectivity index is 1.50. The Kier molecular flexibility index (Phi) is 8.52. The predicted molar refractivity (Wildman–Crippen MR) is 150 cm³/mol. The van der Waals surface area contributed by atoms with Crippen LogP contribution in [0.2, 0.25) is 0 Å². The number of anilines is 1. The van der Waals surface area contributed by atoms with Crippen molar-refractivity contribution in [2.45, 2.75) is 13.0 Å². The zero-order chi connectivity index (χ0) is 27.9. The summed E-state index contributed by atoms with van der Waals surface area (Å²) in [6.45, 7) is 1.39. The van der Waals surface area contributed by atoms with Gasteiger partial charge in [0.05, 0.1) is 29.1 Å². The summed E-state index contributed by atoms with van der Waals surface area (Å²) in [5.74, 6) is -1.20. The number of rotatable bonds is 9. The number of nitrogens with one attached hydrogen (secondary N) is 1. The number of benzene rings is 3. The Hall–Kier alpha value is -4.77. The lowest BCUT2D eigenvalue weighted by atomic mass is 10.1. The second-order valence-corrected chi connectivity index (χ2v) is 9.18. The smallest absolute Gasteiger partial charge is 0.331 e. The van der Waals surface area contributed by atoms with E-state index in [1.165, 1.54) is 38.3 Å². The summed E-state index contributed by atoms with van der Waals surface area (Å²) in [5.41, 5.74) is 2.87. The van der Waals surface area contributed by atoms with Crippen LogP contribution in [-0.4, -0.2) is 39.8 Å². The van der Waals surface area contributed by atoms with Crippen LogP contribution in [0.5, 0.6) is 5.75 Å². The third kappa shape index (κ3) is 6.76. The second kappa shape index (κ2) is 12.2. The van der Waals surface area contributed by atoms with Crippen molar-refractivity contribution in [3.8, 4) is 22.7 Å². The maximum atomic E-state index is 12.6. The van der Waals surface area contributed by atoms with E-state index in [1.54, 1.807) is 17.0 Å². The van der Waals surface area contributed by atoms with Crippen molar-refractivity contribution >= 4 is 45.3 Å². The molecule has 1 unspecified atom stereocenters. The number of nitrogens with zero attached hydrogens (tertiary/aromatic N) is 3. The number of nitro groups is 1. The molecular weight excluding hydrogens is 568 g/mol. The van der Waals surface area contributed by atoms with Gasteiger partial charge in [0.2, 0.25) is 0 Å². The Labute approximate surface area is 232 Å². The standard InChI is InChI=1S/C28H23BrN4O6/c1-18(28(35)30-24-16-23(33(36)37)13-14-25(24)38-2)39-26(34)15-10-20-17-32(22-6-4-3-5-7-22)31-27(20)19-8-11-21(29)12-9-19/h3-18H,1-2H3,(H,30,35). The molecule has 4 aromatic rings. The summed E-state index contributed by atoms with van der Waals surface area (Å²) in [6, 6.07) is 20.9. The molecule has 10 nitrogen and oxygen atoms in total. The van der Waals surface area contributed by atoms with Crippen molar-refractivity contribution in [3.05, 3.63) is 105 Å². The van der Waals surface area contributed by atoms with E-state index in [9.17, 15) is 19.7 Å². The Bertz CT molecular complexity index is 1530. The highest BCUT2D eigenvalue weighted by atomic mass is 79.9. The fraction of sp³-hybridized carbons (Fsp3) is 0.107. The summed E-state index contributed by atoms with van der Waals surface area (Å²) in [7, 11) is 1.37. The van der Waals surface area contributed by atoms with Crippen LogP contribution in [0, 0.1) is 10.1 Å². The third-order valence-corrected chi connectivity index (χ3v) is 6.12. The molecule has 198 valence electrons. The first-order valence-electron chi connectivity index (χ1n) is 11.7. The summed E-state index contributed by atoms with van der Waals surface area (Å²) < 4.78 is 13.0. The van der Waals surface area contributed by atoms with E-state index in [0.717, 1.165) is 15.7 Å². The molecule has 1 amide bonds. The molecular formula is C28H23BrN4O6. The highest BCUT2D eigenvalue weighted by Gasteiger charge is 2.20. The first kappa shape index (κ1) is 27.3. The van der Waals surface area contributed by atoms with Gasteiger partial charge in [-0.2, -0.15) is 5.10 Å². The molecule has 0 aliphatic carbocycles. The van der Waals surface area contributed by atoms with Gasteiger partial charge < -0.3 is 14.8 Å². The topological polar surface area (TPSA) is 126 Å². The van der Waals surface area contributed by atoms with Crippen LogP contribution < -0.4 is 10.1 Å². The summed E-state index contributed by atoms with van der Waals surface area (Å²) in [5, 5.41) is 18.3. The molecule has 0 saturated heterocycles. The van der Waals surface area contributed by atoms with Crippen LogP contribution in [-0.2, 0) is 14.3 Å². The first-order valence-corrected chi connectivity index (χ1v) is 12.5. The number of aromatic nitrogens is 2. The van der Waals surface area contributed by atoms with Crippen LogP contribution in [0.15, 0.2) is 89.5 Å². The van der Waals surface area contributed by atoms with Gasteiger partial charge in [-0.25, -0.2) is 9.48 Å². The summed E-state index contributed by atoms with van der Waals surface area (Å²) in [4.78, 5) is 35.7. The van der Waals surface area contributed by atoms with Gasteiger partial charge in [-0.05, 0) is 43.3 Å². The zero-order valence-electron chi connectivity index (χ0n) is 20.9. The quantitative estimate of drug-likeness (QED) is 0.113. The van der Waals surface area contributed by atoms with E-state index < -0.39 is 22.9 Å². The van der Waals surface area contributed by atoms with E-state index in [4.69, 9.17) is 14.6 Å². The van der Waals surface area contributed by atoms with Crippen molar-refractivity contribution < 1.29 is 24.0 Å². The number of non-ortho nitro benzene ring substituents is 1. The SMILES string of the molecule is COc1ccc([N+](=O)[O-])cc1NC(=O)C(C)OC(=O)C=Cc1cn(-c2ccccc2)nc1-c1ccc(Br)cc1. The maximum absolute atomic E-state index is 12.6. The molecule has 0 spiro atoms. The average molecular weight is 591 g/mol. The third-order valence-electron chi connectivity index (χ3n) is 5.59. The number of carbonyl (C=O) groups excluding carboxylic acids is 2. The molecule has 1 atom stereocenters. The molecule has 1 aromatic heterocycles. The van der Waals surface area contributed by atoms with Gasteiger partial charge in [0.1, 0.15) is 5.75 Å². The Morgan fingerprint density at radius 3 is 2.49 bits per heavy atom. The van der Waals surface area contributed by atoms with Gasteiger partial charge in [0.25, 0.3) is 11.6 Å². The number of nitro benzene ring substituents is 1. The lowest BCUT2D eigenvalue weighted by Crippen LogP contribution is -2.29. The normalized spacial score (nSPS) is 11.7. The van der Waals surface area contributed by atoms with Gasteiger partial charge in [-0.1, -0.05) is 46.3 Å². The van der Waals surface area contributed by atoms with Gasteiger partial charge in [-0.3, -0.25) is 14.9 Å². The largest absolute Gasteiger partial charge is 0.495 e. The van der Waals surface area contributed by atoms with Gasteiger partial charge in [0, 0.05) is 40.0 Å². The van der Waals surface area contributed by atoms with Crippen molar-refractivity contribution in [2.75, 3.05) is 12.4 Å². The molecule has 1 heterocycles. The zero-order valence-corrected chi connectivity index (χ0v) is 22.5. The number of para-hydroxylation sites is 1. The van der Waals surface area contributed by atoms with E-state index >= 15 is 0 Å². The Morgan fingerprint density at radius 2 is 1.82 bits per heavy atom. The van der Waals surface area contributed by atoms with Crippen molar-refractivity contribution in [2.24, 2.45) is 0 Å². The monoisotopic (exact) mass is 590 g/mol. The fourth-order valence-electron chi connectivity index (χ4n) is 3.62. The molecule has 3 aromatic carbocycles. The lowest BCUT2D eigenvalue weighted by molar-refractivity contribution is -0.384. The minimum Gasteiger partial charge on any atom is -0.495 e. The van der Waals surface area contributed by atoms with Crippen LogP contribution in [0.1, 0.15) is 12.5 Å². The number of esters is 1. The predicted octanol–water partition coefficient (Wildman–Crippen LogP) is 5.80. The number of hydrogen-bond donors (Lipinski definition) is 1. The summed E-state index contributed by atoms with van der Waals surface area (Å²) >= 11 is 3.43. The van der Waals surface area contributed by atoms with Crippen LogP contribution in [0.3, 0.4) is 0 Å². The molecule has 39 heavy (non-hydrogen) atoms. The number of methoxy groups -OCH3 is 1. The fourth-order valence-corrected chi connectivity index (χ4v) is 3.89. The molecule has 0 aliphatic rings. The molecule has 0 saturated carbocycles. The highest BCUT2D eigenvalue weighted by molar-refractivity contribution is 9.10. The van der Waals surface area contributed by atoms with E-state index in [1.807, 2.05) is 54.6 Å². The molecule has 11 heteroatoms. The minimum atomic E-state index is -1.19. The van der Waals surface area contributed by atoms with Gasteiger partial charge in [-0.15, -0.1) is 0 Å². The summed E-state index contributed by atoms with van der Waals surface area (Å²) in [6.07, 6.45) is 3.39. The average Bonchev–Trinajstić information content (AvgIpc) is 3.37. The van der Waals surface area contributed by atoms with Crippen molar-refractivity contribution in [1.29, 1.82) is 0 Å².